The highest BCUT2D eigenvalue weighted by Gasteiger charge is 1.96. The van der Waals surface area contributed by atoms with E-state index in [9.17, 15) is 0 Å². The molecular weight excluding hydrogens is 210 g/mol. The normalized spacial score (nSPS) is 9.71. The lowest BCUT2D eigenvalue weighted by molar-refractivity contribution is 0.615. The number of nitrogens with two attached hydrogens (primary N) is 1. The summed E-state index contributed by atoms with van der Waals surface area (Å²) in [5.41, 5.74) is 7.55. The summed E-state index contributed by atoms with van der Waals surface area (Å²) in [6, 6.07) is 10.4. The van der Waals surface area contributed by atoms with Crippen molar-refractivity contribution in [1.82, 2.24) is 9.78 Å². The molecule has 0 radical (unpaired) electrons. The van der Waals surface area contributed by atoms with Gasteiger partial charge in [-0.25, -0.2) is 0 Å². The number of nitrogens with zero attached hydrogens (tertiary/aromatic N) is 2. The lowest BCUT2D eigenvalue weighted by atomic mass is 10.1. The van der Waals surface area contributed by atoms with Crippen LogP contribution >= 0.6 is 0 Å². The molecule has 1 heterocycles. The lowest BCUT2D eigenvalue weighted by Gasteiger charge is -2.01. The fourth-order valence-electron chi connectivity index (χ4n) is 1.59. The van der Waals surface area contributed by atoms with Gasteiger partial charge in [0.2, 0.25) is 0 Å². The molecule has 0 aliphatic carbocycles. The summed E-state index contributed by atoms with van der Waals surface area (Å²) in [6.45, 7) is 1.25. The minimum absolute atomic E-state index is 0.384. The predicted molar refractivity (Wildman–Crippen MR) is 68.3 cm³/mol. The molecule has 0 spiro atoms. The number of aryl methyl sites for hydroxylation is 2. The minimum Gasteiger partial charge on any atom is -0.320 e. The Bertz CT molecular complexity index is 517. The molecule has 0 saturated heterocycles. The zero-order valence-electron chi connectivity index (χ0n) is 9.63. The molecule has 2 aromatic rings. The van der Waals surface area contributed by atoms with E-state index in [0.717, 1.165) is 18.5 Å². The van der Waals surface area contributed by atoms with E-state index in [0.29, 0.717) is 6.54 Å². The molecule has 2 rings (SSSR count). The van der Waals surface area contributed by atoms with Crippen molar-refractivity contribution in [2.75, 3.05) is 6.54 Å². The van der Waals surface area contributed by atoms with Gasteiger partial charge in [0.15, 0.2) is 0 Å². The smallest absolute Gasteiger partial charge is 0.0646 e. The third-order valence-corrected chi connectivity index (χ3v) is 2.44. The zero-order chi connectivity index (χ0) is 11.9. The molecule has 0 bridgehead atoms. The summed E-state index contributed by atoms with van der Waals surface area (Å²) in [5.74, 6) is 5.78. The Balaban J connectivity index is 1.94. The predicted octanol–water partition coefficient (Wildman–Crippen LogP) is 1.44. The van der Waals surface area contributed by atoms with Gasteiger partial charge in [0.1, 0.15) is 0 Å². The SMILES string of the molecule is NCC#Cc1cnn(CCc2ccccc2)c1. The highest BCUT2D eigenvalue weighted by atomic mass is 15.3. The van der Waals surface area contributed by atoms with E-state index in [1.165, 1.54) is 5.56 Å². The number of rotatable bonds is 3. The fraction of sp³-hybridized carbons (Fsp3) is 0.214. The van der Waals surface area contributed by atoms with E-state index < -0.39 is 0 Å². The highest BCUT2D eigenvalue weighted by Crippen LogP contribution is 2.02. The van der Waals surface area contributed by atoms with Crippen molar-refractivity contribution in [3.8, 4) is 11.8 Å². The van der Waals surface area contributed by atoms with E-state index in [4.69, 9.17) is 5.73 Å². The van der Waals surface area contributed by atoms with E-state index in [2.05, 4.69) is 41.2 Å². The van der Waals surface area contributed by atoms with Crippen molar-refractivity contribution in [2.45, 2.75) is 13.0 Å². The first-order valence-corrected chi connectivity index (χ1v) is 5.64. The maximum Gasteiger partial charge on any atom is 0.0646 e. The van der Waals surface area contributed by atoms with Crippen LogP contribution in [0.25, 0.3) is 0 Å². The van der Waals surface area contributed by atoms with Crippen LogP contribution in [0.3, 0.4) is 0 Å². The van der Waals surface area contributed by atoms with Crippen molar-refractivity contribution < 1.29 is 0 Å². The Morgan fingerprint density at radius 3 is 2.82 bits per heavy atom. The van der Waals surface area contributed by atoms with Gasteiger partial charge in [-0.05, 0) is 12.0 Å². The van der Waals surface area contributed by atoms with Crippen molar-refractivity contribution in [3.63, 3.8) is 0 Å². The van der Waals surface area contributed by atoms with Crippen LogP contribution in [0.4, 0.5) is 0 Å². The molecule has 17 heavy (non-hydrogen) atoms. The molecule has 1 aromatic heterocycles. The maximum atomic E-state index is 5.32. The number of hydrogen-bond donors (Lipinski definition) is 1. The molecule has 0 aliphatic heterocycles. The molecule has 0 amide bonds. The molecule has 0 atom stereocenters. The summed E-state index contributed by atoms with van der Waals surface area (Å²) >= 11 is 0. The van der Waals surface area contributed by atoms with Crippen molar-refractivity contribution in [2.24, 2.45) is 5.73 Å². The van der Waals surface area contributed by atoms with E-state index in [1.54, 1.807) is 6.20 Å². The Morgan fingerprint density at radius 1 is 1.24 bits per heavy atom. The van der Waals surface area contributed by atoms with Crippen LogP contribution < -0.4 is 5.73 Å². The molecule has 0 unspecified atom stereocenters. The molecule has 0 saturated carbocycles. The third-order valence-electron chi connectivity index (χ3n) is 2.44. The summed E-state index contributed by atoms with van der Waals surface area (Å²) in [7, 11) is 0. The van der Waals surface area contributed by atoms with E-state index >= 15 is 0 Å². The second-order valence-electron chi connectivity index (χ2n) is 3.73. The number of benzene rings is 1. The molecule has 0 aliphatic rings. The van der Waals surface area contributed by atoms with Crippen molar-refractivity contribution in [1.29, 1.82) is 0 Å². The topological polar surface area (TPSA) is 43.8 Å². The minimum atomic E-state index is 0.384. The second kappa shape index (κ2) is 5.88. The largest absolute Gasteiger partial charge is 0.320 e. The van der Waals surface area contributed by atoms with Gasteiger partial charge in [-0.3, -0.25) is 4.68 Å². The Morgan fingerprint density at radius 2 is 2.06 bits per heavy atom. The van der Waals surface area contributed by atoms with Gasteiger partial charge in [0.05, 0.1) is 18.3 Å². The third kappa shape index (κ3) is 3.47. The molecule has 86 valence electrons. The van der Waals surface area contributed by atoms with Crippen LogP contribution in [-0.4, -0.2) is 16.3 Å². The molecule has 3 nitrogen and oxygen atoms in total. The van der Waals surface area contributed by atoms with Gasteiger partial charge in [-0.1, -0.05) is 42.2 Å². The van der Waals surface area contributed by atoms with Crippen LogP contribution in [0.1, 0.15) is 11.1 Å². The van der Waals surface area contributed by atoms with Gasteiger partial charge < -0.3 is 5.73 Å². The summed E-state index contributed by atoms with van der Waals surface area (Å²) in [5, 5.41) is 4.26. The Labute approximate surface area is 101 Å². The highest BCUT2D eigenvalue weighted by molar-refractivity contribution is 5.29. The van der Waals surface area contributed by atoms with Gasteiger partial charge in [-0.2, -0.15) is 5.10 Å². The summed E-state index contributed by atoms with van der Waals surface area (Å²) in [4.78, 5) is 0. The first-order chi connectivity index (χ1) is 8.38. The maximum absolute atomic E-state index is 5.32. The van der Waals surface area contributed by atoms with E-state index in [1.807, 2.05) is 16.9 Å². The first kappa shape index (κ1) is 11.4. The van der Waals surface area contributed by atoms with Gasteiger partial charge >= 0.3 is 0 Å². The average Bonchev–Trinajstić information content (AvgIpc) is 2.83. The Hall–Kier alpha value is -2.05. The van der Waals surface area contributed by atoms with Crippen LogP contribution in [0.5, 0.6) is 0 Å². The lowest BCUT2D eigenvalue weighted by Crippen LogP contribution is -2.01. The standard InChI is InChI=1S/C14H15N3/c15-9-4-7-14-11-16-17(12-14)10-8-13-5-2-1-3-6-13/h1-3,5-6,11-12H,8-10,15H2. The number of hydrogen-bond acceptors (Lipinski definition) is 2. The quantitative estimate of drug-likeness (QED) is 0.803. The van der Waals surface area contributed by atoms with Crippen LogP contribution in [-0.2, 0) is 13.0 Å². The molecule has 1 aromatic carbocycles. The average molecular weight is 225 g/mol. The van der Waals surface area contributed by atoms with Crippen molar-refractivity contribution in [3.05, 3.63) is 53.9 Å². The number of aromatic nitrogens is 2. The van der Waals surface area contributed by atoms with Gasteiger partial charge in [-0.15, -0.1) is 0 Å². The van der Waals surface area contributed by atoms with Crippen LogP contribution in [0, 0.1) is 11.8 Å². The van der Waals surface area contributed by atoms with Crippen LogP contribution in [0.2, 0.25) is 0 Å². The van der Waals surface area contributed by atoms with Crippen LogP contribution in [0.15, 0.2) is 42.7 Å². The van der Waals surface area contributed by atoms with Crippen molar-refractivity contribution >= 4 is 0 Å². The molecule has 2 N–H and O–H groups in total. The molecule has 0 fully saturated rings. The van der Waals surface area contributed by atoms with E-state index in [-0.39, 0.29) is 0 Å². The Kier molecular flexibility index (Phi) is 3.95. The first-order valence-electron chi connectivity index (χ1n) is 5.64. The van der Waals surface area contributed by atoms with Gasteiger partial charge in [0.25, 0.3) is 0 Å². The molecule has 3 heteroatoms. The van der Waals surface area contributed by atoms with Gasteiger partial charge in [0, 0.05) is 12.7 Å². The molecular formula is C14H15N3. The zero-order valence-corrected chi connectivity index (χ0v) is 9.63. The monoisotopic (exact) mass is 225 g/mol. The summed E-state index contributed by atoms with van der Waals surface area (Å²) in [6.07, 6.45) is 4.70. The fourth-order valence-corrected chi connectivity index (χ4v) is 1.59. The second-order valence-corrected chi connectivity index (χ2v) is 3.73. The summed E-state index contributed by atoms with van der Waals surface area (Å²) < 4.78 is 1.91.